The maximum Gasteiger partial charge on any atom is 0.265 e. The van der Waals surface area contributed by atoms with Crippen molar-refractivity contribution in [2.24, 2.45) is 0 Å². The molecule has 2 heterocycles. The van der Waals surface area contributed by atoms with Gasteiger partial charge in [0.2, 0.25) is 0 Å². The van der Waals surface area contributed by atoms with E-state index in [1.165, 1.54) is 11.3 Å². The van der Waals surface area contributed by atoms with Gasteiger partial charge in [-0.05, 0) is 51.5 Å². The van der Waals surface area contributed by atoms with Crippen molar-refractivity contribution in [3.63, 3.8) is 0 Å². The summed E-state index contributed by atoms with van der Waals surface area (Å²) in [7, 11) is -1.48. The highest BCUT2D eigenvalue weighted by Gasteiger charge is 2.35. The number of carbonyl (C=O) groups is 1. The van der Waals surface area contributed by atoms with Gasteiger partial charge in [0.1, 0.15) is 10.6 Å². The summed E-state index contributed by atoms with van der Waals surface area (Å²) in [5.74, 6) is 0.763. The summed E-state index contributed by atoms with van der Waals surface area (Å²) in [6, 6.07) is 9.00. The number of hydrogen-bond donors (Lipinski definition) is 0. The van der Waals surface area contributed by atoms with Crippen LogP contribution in [-0.4, -0.2) is 43.9 Å². The zero-order valence-corrected chi connectivity index (χ0v) is 16.9. The minimum atomic E-state index is -3.08. The van der Waals surface area contributed by atoms with Crippen LogP contribution in [0.4, 0.5) is 0 Å². The van der Waals surface area contributed by atoms with Crippen molar-refractivity contribution in [3.8, 4) is 5.75 Å². The molecule has 8 heteroatoms. The van der Waals surface area contributed by atoms with Gasteiger partial charge in [0.25, 0.3) is 5.91 Å². The van der Waals surface area contributed by atoms with Crippen molar-refractivity contribution < 1.29 is 17.9 Å². The van der Waals surface area contributed by atoms with Crippen LogP contribution in [0.25, 0.3) is 0 Å². The molecule has 3 rings (SSSR count). The summed E-state index contributed by atoms with van der Waals surface area (Å²) < 4.78 is 29.7. The molecule has 1 fully saturated rings. The Morgan fingerprint density at radius 2 is 2.04 bits per heavy atom. The van der Waals surface area contributed by atoms with Crippen LogP contribution in [0.15, 0.2) is 40.2 Å². The van der Waals surface area contributed by atoms with Crippen LogP contribution in [0.2, 0.25) is 0 Å². The zero-order chi connectivity index (χ0) is 18.0. The fraction of sp³-hybridized carbons (Fsp3) is 0.353. The van der Waals surface area contributed by atoms with Crippen LogP contribution in [0, 0.1) is 0 Å². The van der Waals surface area contributed by atoms with Crippen molar-refractivity contribution >= 4 is 43.0 Å². The molecule has 134 valence electrons. The highest BCUT2D eigenvalue weighted by atomic mass is 79.9. The number of thiophene rings is 1. The molecule has 2 aromatic rings. The molecule has 25 heavy (non-hydrogen) atoms. The Hall–Kier alpha value is -1.38. The van der Waals surface area contributed by atoms with E-state index < -0.39 is 9.84 Å². The monoisotopic (exact) mass is 443 g/mol. The smallest absolute Gasteiger partial charge is 0.265 e. The van der Waals surface area contributed by atoms with E-state index in [0.717, 1.165) is 15.8 Å². The van der Waals surface area contributed by atoms with Gasteiger partial charge in [-0.1, -0.05) is 12.1 Å². The van der Waals surface area contributed by atoms with Crippen molar-refractivity contribution in [3.05, 3.63) is 50.6 Å². The largest absolute Gasteiger partial charge is 0.497 e. The maximum atomic E-state index is 13.0. The second-order valence-electron chi connectivity index (χ2n) is 5.94. The lowest BCUT2D eigenvalue weighted by atomic mass is 10.1. The highest BCUT2D eigenvalue weighted by Crippen LogP contribution is 2.28. The molecule has 1 aliphatic heterocycles. The van der Waals surface area contributed by atoms with Gasteiger partial charge in [-0.25, -0.2) is 8.42 Å². The number of ether oxygens (including phenoxy) is 1. The number of rotatable bonds is 5. The summed E-state index contributed by atoms with van der Waals surface area (Å²) in [6.45, 7) is 0.368. The molecule has 0 spiro atoms. The van der Waals surface area contributed by atoms with Gasteiger partial charge in [-0.2, -0.15) is 0 Å². The Balaban J connectivity index is 1.88. The molecular formula is C17H18BrNO4S2. The molecule has 0 radical (unpaired) electrons. The van der Waals surface area contributed by atoms with Crippen LogP contribution < -0.4 is 4.74 Å². The normalized spacial score (nSPS) is 18.9. The highest BCUT2D eigenvalue weighted by molar-refractivity contribution is 9.10. The fourth-order valence-electron chi connectivity index (χ4n) is 2.89. The SMILES string of the molecule is COc1ccc(CN(C(=O)c2sccc2Br)C2CCS(=O)(=O)C2)cc1. The number of nitrogens with zero attached hydrogens (tertiary/aromatic N) is 1. The number of hydrogen-bond acceptors (Lipinski definition) is 5. The van der Waals surface area contributed by atoms with E-state index in [0.29, 0.717) is 17.8 Å². The Kier molecular flexibility index (Phi) is 5.50. The molecule has 1 aromatic carbocycles. The first-order valence-electron chi connectivity index (χ1n) is 7.77. The van der Waals surface area contributed by atoms with Gasteiger partial charge >= 0.3 is 0 Å². The predicted octanol–water partition coefficient (Wildman–Crippen LogP) is 3.35. The van der Waals surface area contributed by atoms with Crippen LogP contribution in [0.5, 0.6) is 5.75 Å². The fourth-order valence-corrected chi connectivity index (χ4v) is 6.12. The van der Waals surface area contributed by atoms with E-state index in [-0.39, 0.29) is 23.5 Å². The number of amides is 1. The van der Waals surface area contributed by atoms with Gasteiger partial charge in [0, 0.05) is 17.1 Å². The molecule has 0 bridgehead atoms. The Morgan fingerprint density at radius 3 is 2.56 bits per heavy atom. The lowest BCUT2D eigenvalue weighted by Gasteiger charge is -2.28. The van der Waals surface area contributed by atoms with Crippen molar-refractivity contribution in [1.29, 1.82) is 0 Å². The summed E-state index contributed by atoms with van der Waals surface area (Å²) in [4.78, 5) is 15.3. The number of carbonyl (C=O) groups excluding carboxylic acids is 1. The Morgan fingerprint density at radius 1 is 1.32 bits per heavy atom. The van der Waals surface area contributed by atoms with Gasteiger partial charge in [0.05, 0.1) is 18.6 Å². The molecule has 0 saturated carbocycles. The van der Waals surface area contributed by atoms with Crippen molar-refractivity contribution in [2.75, 3.05) is 18.6 Å². The predicted molar refractivity (Wildman–Crippen MR) is 102 cm³/mol. The van der Waals surface area contributed by atoms with Gasteiger partial charge < -0.3 is 9.64 Å². The topological polar surface area (TPSA) is 63.7 Å². The molecule has 1 atom stereocenters. The first-order chi connectivity index (χ1) is 11.9. The molecule has 1 saturated heterocycles. The molecule has 0 aliphatic carbocycles. The van der Waals surface area contributed by atoms with Crippen LogP contribution in [0.1, 0.15) is 21.7 Å². The average molecular weight is 444 g/mol. The maximum absolute atomic E-state index is 13.0. The lowest BCUT2D eigenvalue weighted by molar-refractivity contribution is 0.0685. The minimum Gasteiger partial charge on any atom is -0.497 e. The number of sulfone groups is 1. The van der Waals surface area contributed by atoms with E-state index in [1.807, 2.05) is 35.7 Å². The summed E-state index contributed by atoms with van der Waals surface area (Å²) in [5, 5.41) is 1.84. The van der Waals surface area contributed by atoms with E-state index in [4.69, 9.17) is 4.74 Å². The summed E-state index contributed by atoms with van der Waals surface area (Å²) >= 11 is 4.75. The van der Waals surface area contributed by atoms with Gasteiger partial charge in [-0.15, -0.1) is 11.3 Å². The number of benzene rings is 1. The molecular weight excluding hydrogens is 426 g/mol. The van der Waals surface area contributed by atoms with Gasteiger partial charge in [-0.3, -0.25) is 4.79 Å². The quantitative estimate of drug-likeness (QED) is 0.710. The molecule has 0 N–H and O–H groups in total. The van der Waals surface area contributed by atoms with E-state index in [2.05, 4.69) is 15.9 Å². The van der Waals surface area contributed by atoms with E-state index in [9.17, 15) is 13.2 Å². The average Bonchev–Trinajstić information content (AvgIpc) is 3.17. The number of halogens is 1. The van der Waals surface area contributed by atoms with Crippen LogP contribution in [-0.2, 0) is 16.4 Å². The molecule has 1 unspecified atom stereocenters. The second-order valence-corrected chi connectivity index (χ2v) is 9.93. The molecule has 1 aromatic heterocycles. The molecule has 1 aliphatic rings. The second kappa shape index (κ2) is 7.47. The van der Waals surface area contributed by atoms with Gasteiger partial charge in [0.15, 0.2) is 9.84 Å². The standard InChI is InChI=1S/C17H18BrNO4S2/c1-23-14-4-2-12(3-5-14)10-19(13-7-9-25(21,22)11-13)17(20)16-15(18)6-8-24-16/h2-6,8,13H,7,9-11H2,1H3. The Bertz CT molecular complexity index is 861. The number of methoxy groups -OCH3 is 1. The third-order valence-electron chi connectivity index (χ3n) is 4.23. The third kappa shape index (κ3) is 4.24. The summed E-state index contributed by atoms with van der Waals surface area (Å²) in [5.41, 5.74) is 0.936. The van der Waals surface area contributed by atoms with Crippen LogP contribution in [0.3, 0.4) is 0 Å². The lowest BCUT2D eigenvalue weighted by Crippen LogP contribution is -2.40. The molecule has 5 nitrogen and oxygen atoms in total. The van der Waals surface area contributed by atoms with E-state index >= 15 is 0 Å². The minimum absolute atomic E-state index is 0.0257. The van der Waals surface area contributed by atoms with E-state index in [1.54, 1.807) is 12.0 Å². The molecule has 1 amide bonds. The zero-order valence-electron chi connectivity index (χ0n) is 13.6. The summed E-state index contributed by atoms with van der Waals surface area (Å²) in [6.07, 6.45) is 0.479. The Labute approximate surface area is 159 Å². The first kappa shape index (κ1) is 18.4. The third-order valence-corrected chi connectivity index (χ3v) is 7.81. The van der Waals surface area contributed by atoms with Crippen molar-refractivity contribution in [1.82, 2.24) is 4.90 Å². The van der Waals surface area contributed by atoms with Crippen LogP contribution >= 0.6 is 27.3 Å². The van der Waals surface area contributed by atoms with Crippen molar-refractivity contribution in [2.45, 2.75) is 19.0 Å². The first-order valence-corrected chi connectivity index (χ1v) is 11.3.